The number of carbonyl (C=O) groups excluding carboxylic acids is 3. The number of amides is 3. The average Bonchev–Trinajstić information content (AvgIpc) is 2.90. The minimum Gasteiger partial charge on any atom is -0.307 e. The Labute approximate surface area is 196 Å². The molecule has 2 aliphatic rings. The number of carbonyl (C=O) groups is 3. The van der Waals surface area contributed by atoms with E-state index < -0.39 is 5.91 Å². The SMILES string of the molecule is CCCCCCCCCCCCC1C(=O)N(C(C)=O)C(=O)C1C1CC(C)(C)NC(C)(C)C1. The van der Waals surface area contributed by atoms with Crippen LogP contribution in [0, 0.1) is 17.8 Å². The molecule has 0 aromatic rings. The lowest BCUT2D eigenvalue weighted by molar-refractivity contribution is -0.149. The lowest BCUT2D eigenvalue weighted by Crippen LogP contribution is -2.59. The molecular formula is C27H48N2O3. The molecule has 5 heteroatoms. The number of unbranched alkanes of at least 4 members (excludes halogenated alkanes) is 9. The van der Waals surface area contributed by atoms with Crippen LogP contribution in [0.3, 0.4) is 0 Å². The summed E-state index contributed by atoms with van der Waals surface area (Å²) in [5.41, 5.74) is -0.192. The second-order valence-electron chi connectivity index (χ2n) is 11.7. The van der Waals surface area contributed by atoms with Gasteiger partial charge in [0.2, 0.25) is 17.7 Å². The van der Waals surface area contributed by atoms with Gasteiger partial charge in [-0.15, -0.1) is 0 Å². The summed E-state index contributed by atoms with van der Waals surface area (Å²) >= 11 is 0. The molecule has 2 aliphatic heterocycles. The van der Waals surface area contributed by atoms with Gasteiger partial charge in [0, 0.05) is 18.0 Å². The van der Waals surface area contributed by atoms with E-state index in [0.717, 1.165) is 37.0 Å². The van der Waals surface area contributed by atoms with Gasteiger partial charge in [0.05, 0.1) is 11.8 Å². The third kappa shape index (κ3) is 7.40. The molecule has 0 spiro atoms. The van der Waals surface area contributed by atoms with E-state index in [4.69, 9.17) is 0 Å². The van der Waals surface area contributed by atoms with Crippen LogP contribution < -0.4 is 5.32 Å². The van der Waals surface area contributed by atoms with E-state index in [1.54, 1.807) is 0 Å². The first kappa shape index (κ1) is 27.0. The van der Waals surface area contributed by atoms with Crippen LogP contribution in [0.5, 0.6) is 0 Å². The van der Waals surface area contributed by atoms with Crippen molar-refractivity contribution < 1.29 is 14.4 Å². The van der Waals surface area contributed by atoms with Crippen molar-refractivity contribution in [1.82, 2.24) is 10.2 Å². The Hall–Kier alpha value is -1.23. The molecule has 0 saturated carbocycles. The van der Waals surface area contributed by atoms with Crippen molar-refractivity contribution in [2.75, 3.05) is 0 Å². The minimum absolute atomic E-state index is 0.0962. The zero-order valence-electron chi connectivity index (χ0n) is 21.6. The minimum atomic E-state index is -0.428. The maximum atomic E-state index is 13.2. The highest BCUT2D eigenvalue weighted by Crippen LogP contribution is 2.44. The predicted octanol–water partition coefficient (Wildman–Crippen LogP) is 6.00. The monoisotopic (exact) mass is 448 g/mol. The highest BCUT2D eigenvalue weighted by molar-refractivity contribution is 6.16. The van der Waals surface area contributed by atoms with Gasteiger partial charge in [-0.1, -0.05) is 71.1 Å². The number of hydrogen-bond acceptors (Lipinski definition) is 4. The van der Waals surface area contributed by atoms with Crippen LogP contribution in [0.4, 0.5) is 0 Å². The summed E-state index contributed by atoms with van der Waals surface area (Å²) in [5, 5.41) is 3.67. The topological polar surface area (TPSA) is 66.5 Å². The highest BCUT2D eigenvalue weighted by Gasteiger charge is 2.54. The van der Waals surface area contributed by atoms with Crippen molar-refractivity contribution in [2.45, 2.75) is 136 Å². The zero-order chi connectivity index (χ0) is 23.9. The van der Waals surface area contributed by atoms with E-state index in [9.17, 15) is 14.4 Å². The molecule has 5 nitrogen and oxygen atoms in total. The summed E-state index contributed by atoms with van der Waals surface area (Å²) in [6, 6.07) is 0. The number of nitrogens with one attached hydrogen (secondary N) is 1. The second-order valence-corrected chi connectivity index (χ2v) is 11.7. The Balaban J connectivity index is 1.94. The smallest absolute Gasteiger partial charge is 0.240 e. The fourth-order valence-corrected chi connectivity index (χ4v) is 6.40. The van der Waals surface area contributed by atoms with E-state index in [-0.39, 0.29) is 40.6 Å². The standard InChI is InChI=1S/C27H48N2O3/c1-7-8-9-10-11-12-13-14-15-16-17-22-23(25(32)29(20(2)30)24(22)31)21-18-26(3,4)28-27(5,6)19-21/h21-23,28H,7-19H2,1-6H3. The lowest BCUT2D eigenvalue weighted by Gasteiger charge is -2.48. The van der Waals surface area contributed by atoms with Crippen molar-refractivity contribution in [3.63, 3.8) is 0 Å². The third-order valence-electron chi connectivity index (χ3n) is 7.39. The molecule has 0 bridgehead atoms. The average molecular weight is 449 g/mol. The van der Waals surface area contributed by atoms with Crippen molar-refractivity contribution in [1.29, 1.82) is 0 Å². The fourth-order valence-electron chi connectivity index (χ4n) is 6.40. The Kier molecular flexibility index (Phi) is 9.93. The van der Waals surface area contributed by atoms with E-state index >= 15 is 0 Å². The first-order valence-corrected chi connectivity index (χ1v) is 13.2. The third-order valence-corrected chi connectivity index (χ3v) is 7.39. The van der Waals surface area contributed by atoms with Crippen LogP contribution in [0.2, 0.25) is 0 Å². The molecule has 1 N–H and O–H groups in total. The molecule has 3 amide bonds. The molecule has 2 atom stereocenters. The van der Waals surface area contributed by atoms with Gasteiger partial charge in [0.25, 0.3) is 0 Å². The molecule has 2 heterocycles. The summed E-state index contributed by atoms with van der Waals surface area (Å²) in [6.45, 7) is 12.3. The van der Waals surface area contributed by atoms with Gasteiger partial charge in [-0.2, -0.15) is 0 Å². The normalized spacial score (nSPS) is 25.5. The maximum absolute atomic E-state index is 13.2. The number of piperidine rings is 1. The van der Waals surface area contributed by atoms with Crippen molar-refractivity contribution in [2.24, 2.45) is 17.8 Å². The Morgan fingerprint density at radius 2 is 1.31 bits per heavy atom. The number of hydrogen-bond donors (Lipinski definition) is 1. The van der Waals surface area contributed by atoms with Gasteiger partial charge in [-0.25, -0.2) is 4.90 Å². The Bertz CT molecular complexity index is 639. The predicted molar refractivity (Wildman–Crippen MR) is 130 cm³/mol. The van der Waals surface area contributed by atoms with Crippen molar-refractivity contribution >= 4 is 17.7 Å². The first-order valence-electron chi connectivity index (χ1n) is 13.2. The van der Waals surface area contributed by atoms with Crippen molar-refractivity contribution in [3.05, 3.63) is 0 Å². The van der Waals surface area contributed by atoms with E-state index in [0.29, 0.717) is 0 Å². The molecular weight excluding hydrogens is 400 g/mol. The zero-order valence-corrected chi connectivity index (χ0v) is 21.6. The summed E-state index contributed by atoms with van der Waals surface area (Å²) in [4.78, 5) is 39.4. The van der Waals surface area contributed by atoms with Gasteiger partial charge in [0.1, 0.15) is 0 Å². The van der Waals surface area contributed by atoms with E-state index in [1.165, 1.54) is 58.3 Å². The molecule has 2 unspecified atom stereocenters. The molecule has 32 heavy (non-hydrogen) atoms. The maximum Gasteiger partial charge on any atom is 0.240 e. The van der Waals surface area contributed by atoms with Gasteiger partial charge in [0.15, 0.2) is 0 Å². The van der Waals surface area contributed by atoms with Gasteiger partial charge < -0.3 is 5.32 Å². The largest absolute Gasteiger partial charge is 0.307 e. The quantitative estimate of drug-likeness (QED) is 0.294. The van der Waals surface area contributed by atoms with Gasteiger partial charge >= 0.3 is 0 Å². The summed E-state index contributed by atoms with van der Waals surface area (Å²) in [6.07, 6.45) is 14.9. The number of nitrogens with zero attached hydrogens (tertiary/aromatic N) is 1. The molecule has 0 radical (unpaired) electrons. The highest BCUT2D eigenvalue weighted by atomic mass is 16.2. The Morgan fingerprint density at radius 3 is 1.78 bits per heavy atom. The molecule has 2 fully saturated rings. The van der Waals surface area contributed by atoms with Gasteiger partial charge in [-0.3, -0.25) is 14.4 Å². The Morgan fingerprint density at radius 1 is 0.844 bits per heavy atom. The van der Waals surface area contributed by atoms with E-state index in [2.05, 4.69) is 39.9 Å². The fraction of sp³-hybridized carbons (Fsp3) is 0.889. The summed E-state index contributed by atoms with van der Waals surface area (Å²) < 4.78 is 0. The van der Waals surface area contributed by atoms with E-state index in [1.807, 2.05) is 0 Å². The molecule has 0 aromatic heterocycles. The molecule has 184 valence electrons. The van der Waals surface area contributed by atoms with Crippen LogP contribution in [0.15, 0.2) is 0 Å². The lowest BCUT2D eigenvalue weighted by atomic mass is 9.67. The van der Waals surface area contributed by atoms with Crippen LogP contribution >= 0.6 is 0 Å². The van der Waals surface area contributed by atoms with Crippen LogP contribution in [-0.4, -0.2) is 33.7 Å². The number of rotatable bonds is 12. The van der Waals surface area contributed by atoms with Crippen LogP contribution in [0.1, 0.15) is 125 Å². The second kappa shape index (κ2) is 11.8. The molecule has 0 aromatic carbocycles. The summed E-state index contributed by atoms with van der Waals surface area (Å²) in [5.74, 6) is -1.50. The van der Waals surface area contributed by atoms with Crippen LogP contribution in [0.25, 0.3) is 0 Å². The summed E-state index contributed by atoms with van der Waals surface area (Å²) in [7, 11) is 0. The van der Waals surface area contributed by atoms with Crippen molar-refractivity contribution in [3.8, 4) is 0 Å². The molecule has 0 aliphatic carbocycles. The molecule has 2 saturated heterocycles. The first-order chi connectivity index (χ1) is 15.0. The number of imide groups is 3. The number of likely N-dealkylation sites (tertiary alicyclic amines) is 1. The van der Waals surface area contributed by atoms with Gasteiger partial charge in [-0.05, 0) is 52.9 Å². The molecule has 2 rings (SSSR count). The van der Waals surface area contributed by atoms with Crippen LogP contribution in [-0.2, 0) is 14.4 Å².